The fraction of sp³-hybridized carbons (Fsp3) is 0.389. The fourth-order valence-corrected chi connectivity index (χ4v) is 3.15. The van der Waals surface area contributed by atoms with Crippen molar-refractivity contribution in [2.45, 2.75) is 38.6 Å². The molecule has 1 unspecified atom stereocenters. The van der Waals surface area contributed by atoms with Gasteiger partial charge in [-0.15, -0.1) is 0 Å². The number of nitrogens with zero attached hydrogens (tertiary/aromatic N) is 3. The van der Waals surface area contributed by atoms with Gasteiger partial charge in [0.15, 0.2) is 0 Å². The standard InChI is InChI=1S/C18H20N4O/c1-14(21-17(23)18(12-19)7-2-3-8-18)15-5-4-6-16(11-15)22-10-9-20-13-22/h4-6,9-11,13-14H,2-3,7-8H2,1H3,(H,21,23). The zero-order valence-electron chi connectivity index (χ0n) is 13.2. The van der Waals surface area contributed by atoms with Crippen LogP contribution >= 0.6 is 0 Å². The number of hydrogen-bond donors (Lipinski definition) is 1. The third-order valence-corrected chi connectivity index (χ3v) is 4.63. The molecule has 3 rings (SSSR count). The Hall–Kier alpha value is -2.61. The minimum Gasteiger partial charge on any atom is -0.348 e. The SMILES string of the molecule is CC(NC(=O)C1(C#N)CCCC1)c1cccc(-n2ccnc2)c1. The Labute approximate surface area is 136 Å². The lowest BCUT2D eigenvalue weighted by molar-refractivity contribution is -0.128. The van der Waals surface area contributed by atoms with Gasteiger partial charge in [0.05, 0.1) is 18.4 Å². The summed E-state index contributed by atoms with van der Waals surface area (Å²) in [5.74, 6) is -0.141. The molecule has 0 bridgehead atoms. The molecule has 1 atom stereocenters. The van der Waals surface area contributed by atoms with Gasteiger partial charge in [0.1, 0.15) is 5.41 Å². The quantitative estimate of drug-likeness (QED) is 0.943. The number of rotatable bonds is 4. The number of carbonyl (C=O) groups excluding carboxylic acids is 1. The topological polar surface area (TPSA) is 70.7 Å². The van der Waals surface area contributed by atoms with E-state index in [-0.39, 0.29) is 11.9 Å². The Balaban J connectivity index is 1.76. The van der Waals surface area contributed by atoms with Crippen LogP contribution in [0, 0.1) is 16.7 Å². The molecular weight excluding hydrogens is 288 g/mol. The van der Waals surface area contributed by atoms with Crippen molar-refractivity contribution in [1.82, 2.24) is 14.9 Å². The van der Waals surface area contributed by atoms with E-state index in [9.17, 15) is 10.1 Å². The Morgan fingerprint density at radius 3 is 2.87 bits per heavy atom. The third-order valence-electron chi connectivity index (χ3n) is 4.63. The zero-order chi connectivity index (χ0) is 16.3. The van der Waals surface area contributed by atoms with E-state index < -0.39 is 5.41 Å². The average molecular weight is 308 g/mol. The molecule has 23 heavy (non-hydrogen) atoms. The summed E-state index contributed by atoms with van der Waals surface area (Å²) in [6.45, 7) is 1.95. The van der Waals surface area contributed by atoms with E-state index in [1.54, 1.807) is 12.5 Å². The lowest BCUT2D eigenvalue weighted by Gasteiger charge is -2.23. The largest absolute Gasteiger partial charge is 0.348 e. The van der Waals surface area contributed by atoms with Gasteiger partial charge in [0.2, 0.25) is 5.91 Å². The number of aromatic nitrogens is 2. The predicted octanol–water partition coefficient (Wildman–Crippen LogP) is 3.13. The highest BCUT2D eigenvalue weighted by molar-refractivity contribution is 5.86. The molecule has 1 aromatic heterocycles. The summed E-state index contributed by atoms with van der Waals surface area (Å²) in [6.07, 6.45) is 8.58. The second kappa shape index (κ2) is 6.25. The van der Waals surface area contributed by atoms with Crippen molar-refractivity contribution >= 4 is 5.91 Å². The van der Waals surface area contributed by atoms with E-state index >= 15 is 0 Å². The third kappa shape index (κ3) is 2.98. The average Bonchev–Trinajstić information content (AvgIpc) is 3.27. The lowest BCUT2D eigenvalue weighted by Crippen LogP contribution is -2.39. The molecule has 118 valence electrons. The molecule has 0 spiro atoms. The molecule has 1 saturated carbocycles. The molecule has 0 radical (unpaired) electrons. The van der Waals surface area contributed by atoms with Crippen LogP contribution in [0.1, 0.15) is 44.2 Å². The Morgan fingerprint density at radius 2 is 2.22 bits per heavy atom. The van der Waals surface area contributed by atoms with E-state index in [1.807, 2.05) is 42.0 Å². The van der Waals surface area contributed by atoms with E-state index in [1.165, 1.54) is 0 Å². The monoisotopic (exact) mass is 308 g/mol. The van der Waals surface area contributed by atoms with Gasteiger partial charge in [0.25, 0.3) is 0 Å². The van der Waals surface area contributed by atoms with Crippen LogP contribution in [-0.2, 0) is 4.79 Å². The zero-order valence-corrected chi connectivity index (χ0v) is 13.2. The van der Waals surface area contributed by atoms with Crippen LogP contribution in [0.25, 0.3) is 5.69 Å². The normalized spacial score (nSPS) is 17.4. The van der Waals surface area contributed by atoms with Crippen molar-refractivity contribution in [1.29, 1.82) is 5.26 Å². The maximum atomic E-state index is 12.5. The summed E-state index contributed by atoms with van der Waals surface area (Å²) in [7, 11) is 0. The van der Waals surface area contributed by atoms with Crippen molar-refractivity contribution in [3.05, 3.63) is 48.5 Å². The first kappa shape index (κ1) is 15.3. The number of nitrogens with one attached hydrogen (secondary N) is 1. The maximum Gasteiger partial charge on any atom is 0.240 e. The van der Waals surface area contributed by atoms with E-state index in [4.69, 9.17) is 0 Å². The summed E-state index contributed by atoms with van der Waals surface area (Å²) in [5, 5.41) is 12.4. The molecule has 1 N–H and O–H groups in total. The molecule has 1 aromatic carbocycles. The van der Waals surface area contributed by atoms with E-state index in [0.29, 0.717) is 12.8 Å². The molecule has 0 saturated heterocycles. The van der Waals surface area contributed by atoms with Gasteiger partial charge in [-0.1, -0.05) is 25.0 Å². The summed E-state index contributed by atoms with van der Waals surface area (Å²) < 4.78 is 1.92. The second-order valence-corrected chi connectivity index (χ2v) is 6.16. The van der Waals surface area contributed by atoms with Crippen LogP contribution < -0.4 is 5.32 Å². The van der Waals surface area contributed by atoms with Gasteiger partial charge in [-0.05, 0) is 37.5 Å². The number of benzene rings is 1. The molecule has 5 heteroatoms. The highest BCUT2D eigenvalue weighted by Crippen LogP contribution is 2.38. The van der Waals surface area contributed by atoms with Gasteiger partial charge < -0.3 is 9.88 Å². The smallest absolute Gasteiger partial charge is 0.240 e. The highest BCUT2D eigenvalue weighted by Gasteiger charge is 2.41. The minimum atomic E-state index is -0.837. The van der Waals surface area contributed by atoms with Crippen molar-refractivity contribution in [2.75, 3.05) is 0 Å². The van der Waals surface area contributed by atoms with Gasteiger partial charge in [0, 0.05) is 18.1 Å². The van der Waals surface area contributed by atoms with Crippen molar-refractivity contribution in [3.63, 3.8) is 0 Å². The first-order valence-corrected chi connectivity index (χ1v) is 7.95. The second-order valence-electron chi connectivity index (χ2n) is 6.16. The van der Waals surface area contributed by atoms with Crippen LogP contribution in [0.5, 0.6) is 0 Å². The van der Waals surface area contributed by atoms with E-state index in [0.717, 1.165) is 24.1 Å². The van der Waals surface area contributed by atoms with Crippen LogP contribution in [0.15, 0.2) is 43.0 Å². The summed E-state index contributed by atoms with van der Waals surface area (Å²) in [6, 6.07) is 10.1. The van der Waals surface area contributed by atoms with Crippen LogP contribution in [-0.4, -0.2) is 15.5 Å². The molecule has 2 aromatic rings. The van der Waals surface area contributed by atoms with Crippen LogP contribution in [0.4, 0.5) is 0 Å². The molecule has 5 nitrogen and oxygen atoms in total. The Kier molecular flexibility index (Phi) is 4.16. The number of amides is 1. The van der Waals surface area contributed by atoms with Gasteiger partial charge in [-0.3, -0.25) is 4.79 Å². The number of hydrogen-bond acceptors (Lipinski definition) is 3. The van der Waals surface area contributed by atoms with Gasteiger partial charge in [-0.25, -0.2) is 4.98 Å². The molecule has 1 aliphatic rings. The number of carbonyl (C=O) groups is 1. The first-order valence-electron chi connectivity index (χ1n) is 7.95. The number of nitriles is 1. The molecule has 0 aliphatic heterocycles. The van der Waals surface area contributed by atoms with Crippen molar-refractivity contribution in [2.24, 2.45) is 5.41 Å². The fourth-order valence-electron chi connectivity index (χ4n) is 3.15. The van der Waals surface area contributed by atoms with Crippen molar-refractivity contribution < 1.29 is 4.79 Å². The molecular formula is C18H20N4O. The Morgan fingerprint density at radius 1 is 1.43 bits per heavy atom. The molecule has 1 aliphatic carbocycles. The van der Waals surface area contributed by atoms with Crippen LogP contribution in [0.2, 0.25) is 0 Å². The van der Waals surface area contributed by atoms with E-state index in [2.05, 4.69) is 16.4 Å². The summed E-state index contributed by atoms with van der Waals surface area (Å²) >= 11 is 0. The first-order chi connectivity index (χ1) is 11.1. The Bertz CT molecular complexity index is 724. The molecule has 1 fully saturated rings. The lowest BCUT2D eigenvalue weighted by atomic mass is 9.86. The summed E-state index contributed by atoms with van der Waals surface area (Å²) in [4.78, 5) is 16.6. The van der Waals surface area contributed by atoms with Crippen LogP contribution in [0.3, 0.4) is 0 Å². The van der Waals surface area contributed by atoms with Gasteiger partial charge >= 0.3 is 0 Å². The number of imidazole rings is 1. The maximum absolute atomic E-state index is 12.5. The predicted molar refractivity (Wildman–Crippen MR) is 86.6 cm³/mol. The van der Waals surface area contributed by atoms with Gasteiger partial charge in [-0.2, -0.15) is 5.26 Å². The minimum absolute atomic E-state index is 0.141. The highest BCUT2D eigenvalue weighted by atomic mass is 16.2. The molecule has 1 amide bonds. The molecule has 1 heterocycles. The summed E-state index contributed by atoms with van der Waals surface area (Å²) in [5.41, 5.74) is 1.17. The van der Waals surface area contributed by atoms with Crippen molar-refractivity contribution in [3.8, 4) is 11.8 Å².